The number of carbonyl (C=O) groups is 2. The minimum atomic E-state index is -1.93. The Hall–Kier alpha value is -1.47. The molecule has 2 saturated heterocycles. The minimum absolute atomic E-state index is 0.666. The standard InChI is InChI=1S/C6H6BFO6/c7-3-1(11-5(9)13-3)2-4(8)14-6(10)12-2/h1-4H,7H2. The molecule has 76 valence electrons. The SMILES string of the molecule is BC1OC(=O)OC1C1OC(=O)OC1F. The van der Waals surface area contributed by atoms with E-state index in [9.17, 15) is 14.0 Å². The highest BCUT2D eigenvalue weighted by molar-refractivity contribution is 6.12. The first kappa shape index (κ1) is 9.10. The molecule has 0 aromatic heterocycles. The summed E-state index contributed by atoms with van der Waals surface area (Å²) in [5.74, 6) is 0. The van der Waals surface area contributed by atoms with Gasteiger partial charge in [0.1, 0.15) is 6.00 Å². The van der Waals surface area contributed by atoms with Gasteiger partial charge in [-0.05, 0) is 0 Å². The zero-order valence-corrected chi connectivity index (χ0v) is 7.14. The van der Waals surface area contributed by atoms with Gasteiger partial charge in [-0.15, -0.1) is 0 Å². The van der Waals surface area contributed by atoms with Gasteiger partial charge in [0.05, 0.1) is 0 Å². The number of cyclic esters (lactones) is 4. The fourth-order valence-electron chi connectivity index (χ4n) is 1.36. The van der Waals surface area contributed by atoms with Crippen molar-refractivity contribution in [1.82, 2.24) is 0 Å². The van der Waals surface area contributed by atoms with E-state index in [2.05, 4.69) is 18.9 Å². The summed E-state index contributed by atoms with van der Waals surface area (Å²) in [5.41, 5.74) is 0. The van der Waals surface area contributed by atoms with E-state index in [1.165, 1.54) is 7.85 Å². The first-order chi connectivity index (χ1) is 6.58. The minimum Gasteiger partial charge on any atom is -0.437 e. The number of hydrogen-bond donors (Lipinski definition) is 0. The number of carbonyl (C=O) groups excluding carboxylic acids is 2. The van der Waals surface area contributed by atoms with Crippen molar-refractivity contribution in [1.29, 1.82) is 0 Å². The average molecular weight is 204 g/mol. The van der Waals surface area contributed by atoms with Gasteiger partial charge in [0.2, 0.25) is 6.10 Å². The second kappa shape index (κ2) is 3.04. The lowest BCUT2D eigenvalue weighted by Crippen LogP contribution is -2.40. The monoisotopic (exact) mass is 204 g/mol. The van der Waals surface area contributed by atoms with Crippen molar-refractivity contribution in [3.63, 3.8) is 0 Å². The Labute approximate surface area is 78.6 Å². The summed E-state index contributed by atoms with van der Waals surface area (Å²) in [6, 6.07) is -0.666. The van der Waals surface area contributed by atoms with Gasteiger partial charge in [-0.25, -0.2) is 9.59 Å². The van der Waals surface area contributed by atoms with Crippen molar-refractivity contribution < 1.29 is 32.9 Å². The normalized spacial score (nSPS) is 41.2. The van der Waals surface area contributed by atoms with E-state index in [1.54, 1.807) is 0 Å². The molecule has 4 unspecified atom stereocenters. The molecule has 2 rings (SSSR count). The highest BCUT2D eigenvalue weighted by Crippen LogP contribution is 2.26. The van der Waals surface area contributed by atoms with Crippen LogP contribution in [0.5, 0.6) is 0 Å². The topological polar surface area (TPSA) is 71.1 Å². The molecule has 6 nitrogen and oxygen atoms in total. The number of alkyl halides is 1. The van der Waals surface area contributed by atoms with Gasteiger partial charge in [-0.2, -0.15) is 4.39 Å². The zero-order valence-electron chi connectivity index (χ0n) is 7.14. The van der Waals surface area contributed by atoms with E-state index in [0.717, 1.165) is 0 Å². The van der Waals surface area contributed by atoms with Crippen LogP contribution in [0.25, 0.3) is 0 Å². The van der Waals surface area contributed by atoms with Crippen molar-refractivity contribution in [2.24, 2.45) is 0 Å². The molecule has 2 aliphatic rings. The number of ether oxygens (including phenoxy) is 4. The predicted molar refractivity (Wildman–Crippen MR) is 39.9 cm³/mol. The number of hydrogen-bond acceptors (Lipinski definition) is 6. The van der Waals surface area contributed by atoms with Crippen LogP contribution in [0.4, 0.5) is 14.0 Å². The Morgan fingerprint density at radius 3 is 2.00 bits per heavy atom. The molecule has 0 bridgehead atoms. The maximum atomic E-state index is 13.0. The average Bonchev–Trinajstić information content (AvgIpc) is 2.55. The molecule has 4 atom stereocenters. The Bertz CT molecular complexity index is 255. The Morgan fingerprint density at radius 2 is 1.57 bits per heavy atom. The summed E-state index contributed by atoms with van der Waals surface area (Å²) < 4.78 is 30.8. The molecule has 0 radical (unpaired) electrons. The highest BCUT2D eigenvalue weighted by atomic mass is 19.1. The van der Waals surface area contributed by atoms with Crippen LogP contribution in [0.3, 0.4) is 0 Å². The lowest BCUT2D eigenvalue weighted by molar-refractivity contribution is -0.0278. The first-order valence-corrected chi connectivity index (χ1v) is 3.96. The van der Waals surface area contributed by atoms with Crippen LogP contribution in [0.2, 0.25) is 0 Å². The lowest BCUT2D eigenvalue weighted by Gasteiger charge is -2.16. The summed E-state index contributed by atoms with van der Waals surface area (Å²) in [6.07, 6.45) is -6.15. The molecule has 2 aliphatic heterocycles. The van der Waals surface area contributed by atoms with Crippen molar-refractivity contribution >= 4 is 20.2 Å². The largest absolute Gasteiger partial charge is 0.511 e. The van der Waals surface area contributed by atoms with Gasteiger partial charge >= 0.3 is 12.3 Å². The summed E-state index contributed by atoms with van der Waals surface area (Å²) in [6.45, 7) is 0. The van der Waals surface area contributed by atoms with E-state index >= 15 is 0 Å². The molecule has 0 amide bonds. The van der Waals surface area contributed by atoms with E-state index in [-0.39, 0.29) is 0 Å². The lowest BCUT2D eigenvalue weighted by atomic mass is 9.91. The molecule has 0 N–H and O–H groups in total. The Balaban J connectivity index is 2.08. The molecule has 14 heavy (non-hydrogen) atoms. The smallest absolute Gasteiger partial charge is 0.437 e. The van der Waals surface area contributed by atoms with Crippen LogP contribution < -0.4 is 0 Å². The van der Waals surface area contributed by atoms with Crippen molar-refractivity contribution in [3.05, 3.63) is 0 Å². The van der Waals surface area contributed by atoms with Crippen molar-refractivity contribution in [2.45, 2.75) is 24.6 Å². The van der Waals surface area contributed by atoms with Gasteiger partial charge in [0.15, 0.2) is 14.0 Å². The third-order valence-electron chi connectivity index (χ3n) is 2.00. The first-order valence-electron chi connectivity index (χ1n) is 3.96. The Kier molecular flexibility index (Phi) is 1.97. The predicted octanol–water partition coefficient (Wildman–Crippen LogP) is -0.688. The Morgan fingerprint density at radius 1 is 1.00 bits per heavy atom. The van der Waals surface area contributed by atoms with Gasteiger partial charge in [-0.1, -0.05) is 0 Å². The molecule has 8 heteroatoms. The van der Waals surface area contributed by atoms with Crippen LogP contribution in [0, 0.1) is 0 Å². The zero-order chi connectivity index (χ0) is 10.3. The summed E-state index contributed by atoms with van der Waals surface area (Å²) in [4.78, 5) is 21.2. The van der Waals surface area contributed by atoms with E-state index in [0.29, 0.717) is 0 Å². The van der Waals surface area contributed by atoms with Crippen molar-refractivity contribution in [2.75, 3.05) is 0 Å². The number of rotatable bonds is 1. The molecule has 0 aliphatic carbocycles. The van der Waals surface area contributed by atoms with Crippen LogP contribution in [-0.2, 0) is 18.9 Å². The fraction of sp³-hybridized carbons (Fsp3) is 0.667. The maximum Gasteiger partial charge on any atom is 0.511 e. The van der Waals surface area contributed by atoms with Crippen LogP contribution in [-0.4, -0.2) is 44.7 Å². The molecule has 0 aromatic carbocycles. The van der Waals surface area contributed by atoms with E-state index < -0.39 is 36.9 Å². The van der Waals surface area contributed by atoms with Crippen LogP contribution >= 0.6 is 0 Å². The third kappa shape index (κ3) is 1.36. The summed E-state index contributed by atoms with van der Waals surface area (Å²) in [5, 5.41) is 0. The molecule has 0 saturated carbocycles. The molecule has 0 aromatic rings. The quantitative estimate of drug-likeness (QED) is 0.415. The molecule has 2 heterocycles. The summed E-state index contributed by atoms with van der Waals surface area (Å²) in [7, 11) is 1.51. The van der Waals surface area contributed by atoms with E-state index in [1.807, 2.05) is 0 Å². The molecule has 0 spiro atoms. The van der Waals surface area contributed by atoms with Crippen molar-refractivity contribution in [3.8, 4) is 0 Å². The third-order valence-corrected chi connectivity index (χ3v) is 2.00. The number of halogens is 1. The van der Waals surface area contributed by atoms with Crippen LogP contribution in [0.15, 0.2) is 0 Å². The molecular weight excluding hydrogens is 198 g/mol. The van der Waals surface area contributed by atoms with E-state index in [4.69, 9.17) is 0 Å². The highest BCUT2D eigenvalue weighted by Gasteiger charge is 2.50. The maximum absolute atomic E-state index is 13.0. The second-order valence-corrected chi connectivity index (χ2v) is 2.96. The van der Waals surface area contributed by atoms with Gasteiger partial charge < -0.3 is 18.9 Å². The second-order valence-electron chi connectivity index (χ2n) is 2.96. The van der Waals surface area contributed by atoms with Gasteiger partial charge in [-0.3, -0.25) is 0 Å². The van der Waals surface area contributed by atoms with Gasteiger partial charge in [0.25, 0.3) is 6.36 Å². The van der Waals surface area contributed by atoms with Gasteiger partial charge in [0, 0.05) is 0 Å². The molecular formula is C6H6BFO6. The molecule has 2 fully saturated rings. The summed E-state index contributed by atoms with van der Waals surface area (Å²) >= 11 is 0. The van der Waals surface area contributed by atoms with Crippen LogP contribution in [0.1, 0.15) is 0 Å². The fourth-order valence-corrected chi connectivity index (χ4v) is 1.36.